The molecule has 0 saturated heterocycles. The molecule has 5 aromatic carbocycles. The lowest BCUT2D eigenvalue weighted by Gasteiger charge is -2.30. The Kier molecular flexibility index (Phi) is 30.6. The lowest BCUT2D eigenvalue weighted by atomic mass is 10.1. The average Bonchev–Trinajstić information content (AvgIpc) is 1.79. The second-order valence-electron chi connectivity index (χ2n) is 25.4. The van der Waals surface area contributed by atoms with Crippen molar-refractivity contribution in [2.24, 2.45) is 0 Å². The van der Waals surface area contributed by atoms with Crippen LogP contribution in [0.15, 0.2) is 122 Å². The number of fused-ring (bicyclic) bond motifs is 5. The van der Waals surface area contributed by atoms with E-state index in [9.17, 15) is 0 Å². The number of aromatic nitrogens is 5. The Balaban J connectivity index is 0.000000185. The zero-order valence-corrected chi connectivity index (χ0v) is 60.2. The molecule has 0 saturated carbocycles. The highest BCUT2D eigenvalue weighted by molar-refractivity contribution is 5.87. The summed E-state index contributed by atoms with van der Waals surface area (Å²) in [5.41, 5.74) is 12.7. The predicted octanol–water partition coefficient (Wildman–Crippen LogP) is 16.5. The van der Waals surface area contributed by atoms with Gasteiger partial charge in [0.25, 0.3) is 0 Å². The van der Waals surface area contributed by atoms with Crippen LogP contribution in [0.5, 0.6) is 28.7 Å². The minimum absolute atomic E-state index is 0.578. The van der Waals surface area contributed by atoms with Crippen LogP contribution in [0.3, 0.4) is 0 Å². The van der Waals surface area contributed by atoms with Gasteiger partial charge in [0.1, 0.15) is 28.7 Å². The standard InChI is InChI=1S/C17H26N2O.C16H24N2O.3C15H22N2O/c1-12(2)19(13(3)4)9-8-14-11-18-17-7-6-15(20-5)10-16(14)17;1-5-18(12(2)3)9-8-13-11-17-16-7-6-14(19-4)10-15(13)16;1-11(2)17(3)8-7-12-10-16-15-6-5-13(18-4)9-14(12)15;1-4-8-17(2)9-7-12-11-16-15-6-5-13(18-3)10-14(12)15;1-4-17(5-2)9-8-12-11-16-15-7-6-13(18-3)10-14(12)15/h6-7,10-13,18H,8-9H2,1-5H3;6-7,10-12,17H,5,8-9H2,1-4H3;5-6,9-11,16H,7-8H2,1-4H3;5-6,10-11,16H,4,7-9H2,1-3H3;6-7,10-11,16H,4-5,8-9H2,1-3H3. The van der Waals surface area contributed by atoms with E-state index in [2.05, 4.69) is 238 Å². The summed E-state index contributed by atoms with van der Waals surface area (Å²) < 4.78 is 26.5. The number of methoxy groups -OCH3 is 5. The van der Waals surface area contributed by atoms with Gasteiger partial charge in [0.2, 0.25) is 0 Å². The van der Waals surface area contributed by atoms with Gasteiger partial charge in [-0.05, 0) is 253 Å². The molecule has 0 aliphatic rings. The van der Waals surface area contributed by atoms with Gasteiger partial charge in [-0.1, -0.05) is 27.7 Å². The minimum Gasteiger partial charge on any atom is -0.497 e. The van der Waals surface area contributed by atoms with Gasteiger partial charge in [-0.25, -0.2) is 0 Å². The Morgan fingerprint density at radius 1 is 0.333 bits per heavy atom. The Morgan fingerprint density at radius 3 is 0.903 bits per heavy atom. The van der Waals surface area contributed by atoms with Crippen LogP contribution in [-0.4, -0.2) is 182 Å². The van der Waals surface area contributed by atoms with Crippen molar-refractivity contribution in [3.63, 3.8) is 0 Å². The van der Waals surface area contributed by atoms with Crippen LogP contribution < -0.4 is 23.7 Å². The third-order valence-electron chi connectivity index (χ3n) is 18.2. The number of aromatic amines is 5. The highest BCUT2D eigenvalue weighted by atomic mass is 16.5. The molecule has 0 bridgehead atoms. The molecule has 0 aliphatic heterocycles. The van der Waals surface area contributed by atoms with Crippen molar-refractivity contribution < 1.29 is 23.7 Å². The smallest absolute Gasteiger partial charge is 0.119 e. The van der Waals surface area contributed by atoms with E-state index in [-0.39, 0.29) is 0 Å². The molecule has 5 N–H and O–H groups in total. The Bertz CT molecular complexity index is 3640. The third kappa shape index (κ3) is 21.8. The molecule has 15 nitrogen and oxygen atoms in total. The van der Waals surface area contributed by atoms with E-state index in [1.54, 1.807) is 35.5 Å². The van der Waals surface area contributed by atoms with Gasteiger partial charge in [-0.3, -0.25) is 4.90 Å². The van der Waals surface area contributed by atoms with Crippen molar-refractivity contribution in [1.29, 1.82) is 0 Å². The van der Waals surface area contributed by atoms with Crippen LogP contribution in [0.1, 0.15) is 117 Å². The van der Waals surface area contributed by atoms with Gasteiger partial charge < -0.3 is 68.2 Å². The molecule has 508 valence electrons. The maximum absolute atomic E-state index is 5.32. The quantitative estimate of drug-likeness (QED) is 0.0308. The number of nitrogens with one attached hydrogen (secondary N) is 5. The van der Waals surface area contributed by atoms with Gasteiger partial charge in [-0.15, -0.1) is 0 Å². The molecular weight excluding hydrogens is 1160 g/mol. The van der Waals surface area contributed by atoms with Crippen LogP contribution in [0.2, 0.25) is 0 Å². The number of rotatable bonds is 29. The van der Waals surface area contributed by atoms with E-state index in [1.165, 1.54) is 88.8 Å². The molecule has 5 heterocycles. The number of ether oxygens (including phenoxy) is 5. The first-order valence-electron chi connectivity index (χ1n) is 34.1. The third-order valence-corrected chi connectivity index (χ3v) is 18.2. The van der Waals surface area contributed by atoms with Gasteiger partial charge in [0.15, 0.2) is 0 Å². The fraction of sp³-hybridized carbons (Fsp3) is 0.487. The van der Waals surface area contributed by atoms with Crippen molar-refractivity contribution in [1.82, 2.24) is 49.4 Å². The molecule has 93 heavy (non-hydrogen) atoms. The summed E-state index contributed by atoms with van der Waals surface area (Å²) in [4.78, 5) is 28.8. The van der Waals surface area contributed by atoms with E-state index >= 15 is 0 Å². The molecule has 0 amide bonds. The summed E-state index contributed by atoms with van der Waals surface area (Å²) in [5.74, 6) is 4.60. The highest BCUT2D eigenvalue weighted by Crippen LogP contribution is 2.29. The number of nitrogens with zero attached hydrogens (tertiary/aromatic N) is 5. The first-order chi connectivity index (χ1) is 44.8. The van der Waals surface area contributed by atoms with Crippen molar-refractivity contribution in [2.75, 3.05) is 109 Å². The normalized spacial score (nSPS) is 11.6. The monoisotopic (exact) mass is 1270 g/mol. The van der Waals surface area contributed by atoms with Crippen LogP contribution in [0.4, 0.5) is 0 Å². The lowest BCUT2D eigenvalue weighted by Crippen LogP contribution is -2.38. The van der Waals surface area contributed by atoms with Gasteiger partial charge in [0, 0.05) is 142 Å². The molecule has 0 radical (unpaired) electrons. The van der Waals surface area contributed by atoms with E-state index in [1.807, 2.05) is 30.3 Å². The summed E-state index contributed by atoms with van der Waals surface area (Å²) in [6.07, 6.45) is 17.1. The summed E-state index contributed by atoms with van der Waals surface area (Å²) in [7, 11) is 12.9. The molecule has 0 aliphatic carbocycles. The van der Waals surface area contributed by atoms with Crippen molar-refractivity contribution in [3.05, 3.63) is 150 Å². The van der Waals surface area contributed by atoms with Gasteiger partial charge in [-0.2, -0.15) is 0 Å². The van der Waals surface area contributed by atoms with Gasteiger partial charge >= 0.3 is 0 Å². The van der Waals surface area contributed by atoms with Crippen LogP contribution in [0, 0.1) is 0 Å². The van der Waals surface area contributed by atoms with E-state index in [0.29, 0.717) is 24.2 Å². The number of H-pyrrole nitrogens is 5. The Labute approximate surface area is 557 Å². The van der Waals surface area contributed by atoms with Crippen LogP contribution in [-0.2, 0) is 32.1 Å². The molecule has 0 atom stereocenters. The summed E-state index contributed by atoms with van der Waals surface area (Å²) >= 11 is 0. The molecule has 0 fully saturated rings. The Hall–Kier alpha value is -7.40. The van der Waals surface area contributed by atoms with E-state index in [4.69, 9.17) is 23.7 Å². The first kappa shape index (κ1) is 74.6. The fourth-order valence-electron chi connectivity index (χ4n) is 12.0. The molecule has 5 aromatic heterocycles. The molecule has 10 aromatic rings. The summed E-state index contributed by atoms with van der Waals surface area (Å²) in [6, 6.07) is 33.3. The maximum Gasteiger partial charge on any atom is 0.119 e. The number of benzene rings is 5. The molecule has 0 spiro atoms. The topological polar surface area (TPSA) is 141 Å². The van der Waals surface area contributed by atoms with Crippen molar-refractivity contribution >= 4 is 54.5 Å². The highest BCUT2D eigenvalue weighted by Gasteiger charge is 2.16. The first-order valence-corrected chi connectivity index (χ1v) is 34.1. The largest absolute Gasteiger partial charge is 0.497 e. The molecule has 0 unspecified atom stereocenters. The van der Waals surface area contributed by atoms with E-state index < -0.39 is 0 Å². The fourth-order valence-corrected chi connectivity index (χ4v) is 12.0. The zero-order valence-electron chi connectivity index (χ0n) is 60.2. The minimum atomic E-state index is 0.578. The number of hydrogen-bond donors (Lipinski definition) is 5. The van der Waals surface area contributed by atoms with Gasteiger partial charge in [0.05, 0.1) is 35.5 Å². The van der Waals surface area contributed by atoms with E-state index in [0.717, 1.165) is 120 Å². The second kappa shape index (κ2) is 38.1. The second-order valence-corrected chi connectivity index (χ2v) is 25.4. The Morgan fingerprint density at radius 2 is 0.634 bits per heavy atom. The SMILES string of the molecule is CCCN(C)CCc1c[nH]c2ccc(OC)cc12.CCN(CC)CCc1c[nH]c2ccc(OC)cc12.CCN(CCc1c[nH]c2ccc(OC)cc12)C(C)C.COc1ccc2[nH]cc(CCN(C(C)C)C(C)C)c2c1.COc1ccc2[nH]cc(CCN(C)C(C)C)c2c1. The van der Waals surface area contributed by atoms with Crippen LogP contribution >= 0.6 is 0 Å². The number of hydrogen-bond acceptors (Lipinski definition) is 10. The predicted molar refractivity (Wildman–Crippen MR) is 395 cm³/mol. The van der Waals surface area contributed by atoms with Crippen molar-refractivity contribution in [2.45, 2.75) is 146 Å². The van der Waals surface area contributed by atoms with Crippen molar-refractivity contribution in [3.8, 4) is 28.7 Å². The molecule has 10 rings (SSSR count). The maximum atomic E-state index is 5.32. The van der Waals surface area contributed by atoms with Crippen LogP contribution in [0.25, 0.3) is 54.5 Å². The zero-order chi connectivity index (χ0) is 67.6. The number of likely N-dealkylation sites (N-methyl/N-ethyl adjacent to an activating group) is 4. The molecule has 15 heteroatoms. The molecular formula is C78H116N10O5. The average molecular weight is 1270 g/mol. The summed E-state index contributed by atoms with van der Waals surface area (Å²) in [5, 5.41) is 6.38. The lowest BCUT2D eigenvalue weighted by molar-refractivity contribution is 0.177. The summed E-state index contributed by atoms with van der Waals surface area (Å²) in [6.45, 7) is 36.8.